The number of amides is 9. The minimum absolute atomic E-state index is 0.0697. The molecule has 1 fully saturated rings. The first-order valence-corrected chi connectivity index (χ1v) is 26.0. The summed E-state index contributed by atoms with van der Waals surface area (Å²) in [6.45, 7) is 0.458. The van der Waals surface area contributed by atoms with Gasteiger partial charge >= 0.3 is 0 Å². The average Bonchev–Trinajstić information content (AvgIpc) is 4.12. The smallest absolute Gasteiger partial charge is 0.269 e. The number of guanidine groups is 1. The van der Waals surface area contributed by atoms with Gasteiger partial charge in [0.2, 0.25) is 35.4 Å². The second-order valence-corrected chi connectivity index (χ2v) is 18.3. The molecule has 0 aliphatic carbocycles. The van der Waals surface area contributed by atoms with E-state index in [0.29, 0.717) is 63.7 Å². The van der Waals surface area contributed by atoms with Crippen LogP contribution in [0.4, 0.5) is 0 Å². The molecular weight excluding hydrogens is 1000 g/mol. The molecule has 1 aromatic heterocycles. The number of H-pyrrole nitrogens is 1. The molecular formula is C47H84N20O10. The van der Waals surface area contributed by atoms with E-state index in [1.165, 1.54) is 23.5 Å². The molecule has 2 rings (SSSR count). The van der Waals surface area contributed by atoms with E-state index in [0.717, 1.165) is 0 Å². The first-order chi connectivity index (χ1) is 36.8. The Kier molecular flexibility index (Phi) is 31.7. The van der Waals surface area contributed by atoms with Crippen molar-refractivity contribution in [3.8, 4) is 0 Å². The summed E-state index contributed by atoms with van der Waals surface area (Å²) in [5.41, 5.74) is 39.4. The molecule has 432 valence electrons. The largest absolute Gasteiger partial charge is 0.389 e. The molecule has 9 amide bonds. The summed E-state index contributed by atoms with van der Waals surface area (Å²) in [6.07, 6.45) is 6.75. The number of primary amides is 1. The Bertz CT molecular complexity index is 2140. The lowest BCUT2D eigenvalue weighted by atomic mass is 10.0. The number of carbonyl (C=O) groups excluding carboxylic acids is 9. The maximum absolute atomic E-state index is 14.2. The van der Waals surface area contributed by atoms with Gasteiger partial charge < -0.3 is 97.7 Å². The van der Waals surface area contributed by atoms with E-state index in [9.17, 15) is 48.3 Å². The highest BCUT2D eigenvalue weighted by atomic mass is 16.3. The fourth-order valence-corrected chi connectivity index (χ4v) is 7.94. The van der Waals surface area contributed by atoms with Crippen LogP contribution in [0.15, 0.2) is 29.3 Å². The van der Waals surface area contributed by atoms with Crippen molar-refractivity contribution in [2.24, 2.45) is 45.1 Å². The molecule has 30 nitrogen and oxygen atoms in total. The molecule has 30 heteroatoms. The number of nitrogens with two attached hydrogens (primary N) is 7. The van der Waals surface area contributed by atoms with E-state index >= 15 is 0 Å². The topological polar surface area (TPSA) is 520 Å². The Labute approximate surface area is 448 Å². The number of aliphatic imine (C=N–C) groups is 1. The Hall–Kier alpha value is -6.96. The van der Waals surface area contributed by atoms with Crippen LogP contribution in [0.3, 0.4) is 0 Å². The van der Waals surface area contributed by atoms with Gasteiger partial charge in [-0.15, -0.1) is 0 Å². The highest BCUT2D eigenvalue weighted by Crippen LogP contribution is 2.20. The third-order valence-electron chi connectivity index (χ3n) is 12.2. The molecule has 1 aliphatic heterocycles. The predicted molar refractivity (Wildman–Crippen MR) is 285 cm³/mol. The normalized spacial score (nSPS) is 15.9. The quantitative estimate of drug-likeness (QED) is 0.0127. The fraction of sp³-hybridized carbons (Fsp3) is 0.660. The summed E-state index contributed by atoms with van der Waals surface area (Å²) in [7, 11) is 1.74. The minimum atomic E-state index is -1.58. The lowest BCUT2D eigenvalue weighted by Crippen LogP contribution is -2.60. The van der Waals surface area contributed by atoms with Crippen molar-refractivity contribution >= 4 is 64.8 Å². The standard InChI is InChI=1S/C47H84N20O10/c1-56-20-7-4-13-31(64-45(76)38(36(68)24-51)66-40(71)29(52)11-2-5-17-48)41(72)59-26-37(69)61-33(14-8-19-50)46(77)67-22-10-16-35(67)44(75)65-34(23-28-25-57-27-60-28)43(74)63-32(12-3-6-18-49)42(73)62-30(39(53)70)15-9-21-58-47(54)55/h15,25,27,29,31-32,34-36,38,56,68H,2-14,16-24,26,48-52H2,1H3,(H2,53,70)(H,57,60)(H,59,72)(H,62,73)(H,63,74)(H,64,76)(H,65,75)(H,66,71)(H4,54,55,58)/b30-15-,61-33+/t29-,31-,32-,34-,35-,36-,38-/m0/s1. The van der Waals surface area contributed by atoms with Crippen LogP contribution in [-0.4, -0.2) is 187 Å². The van der Waals surface area contributed by atoms with Gasteiger partial charge in [0.05, 0.1) is 25.0 Å². The van der Waals surface area contributed by atoms with Crippen molar-refractivity contribution in [3.63, 3.8) is 0 Å². The Morgan fingerprint density at radius 1 is 0.805 bits per heavy atom. The number of carbonyl (C=O) groups is 9. The predicted octanol–water partition coefficient (Wildman–Crippen LogP) is -6.64. The Morgan fingerprint density at radius 2 is 1.45 bits per heavy atom. The van der Waals surface area contributed by atoms with Crippen molar-refractivity contribution in [1.82, 2.24) is 57.4 Å². The summed E-state index contributed by atoms with van der Waals surface area (Å²) in [6, 6.07) is -7.58. The molecule has 1 saturated heterocycles. The number of aromatic amines is 1. The summed E-state index contributed by atoms with van der Waals surface area (Å²) in [4.78, 5) is 134. The van der Waals surface area contributed by atoms with Crippen LogP contribution in [-0.2, 0) is 49.6 Å². The first kappa shape index (κ1) is 66.2. The molecule has 1 aromatic rings. The Balaban J connectivity index is 2.33. The van der Waals surface area contributed by atoms with Gasteiger partial charge in [-0.3, -0.25) is 48.6 Å². The van der Waals surface area contributed by atoms with Gasteiger partial charge in [-0.25, -0.2) is 9.98 Å². The number of likely N-dealkylation sites (tertiary alicyclic amines) is 1. The molecule has 2 heterocycles. The number of hydrogen-bond acceptors (Lipinski definition) is 18. The van der Waals surface area contributed by atoms with Gasteiger partial charge in [0.15, 0.2) is 5.96 Å². The van der Waals surface area contributed by atoms with Crippen molar-refractivity contribution in [2.75, 3.05) is 59.4 Å². The van der Waals surface area contributed by atoms with Crippen molar-refractivity contribution in [3.05, 3.63) is 30.0 Å². The maximum Gasteiger partial charge on any atom is 0.269 e. The van der Waals surface area contributed by atoms with E-state index < -0.39 is 109 Å². The molecule has 0 bridgehead atoms. The van der Waals surface area contributed by atoms with E-state index in [2.05, 4.69) is 57.5 Å². The summed E-state index contributed by atoms with van der Waals surface area (Å²) < 4.78 is 0. The number of aliphatic hydroxyl groups is 1. The zero-order valence-electron chi connectivity index (χ0n) is 44.0. The van der Waals surface area contributed by atoms with E-state index in [1.807, 2.05) is 0 Å². The monoisotopic (exact) mass is 1090 g/mol. The average molecular weight is 1090 g/mol. The number of unbranched alkanes of at least 4 members (excludes halogenated alkanes) is 3. The minimum Gasteiger partial charge on any atom is -0.389 e. The molecule has 7 atom stereocenters. The maximum atomic E-state index is 14.2. The molecule has 25 N–H and O–H groups in total. The highest BCUT2D eigenvalue weighted by Gasteiger charge is 2.39. The van der Waals surface area contributed by atoms with Crippen LogP contribution >= 0.6 is 0 Å². The SMILES string of the molecule is CNCCCC[C@H](NC(=O)[C@@H](NC(=O)[C@@H](N)CCCCN)[C@@H](O)CN)C(=O)NCC(=O)/N=C(\CCCN)C(=O)N1CCC[C@H]1C(=O)N[C@@H](Cc1cnc[nH]1)C(=O)N[C@@H](CCCCN)C(=O)N/C(=C\CCNC(=N)N)C(N)=O. The molecule has 0 spiro atoms. The molecule has 0 radical (unpaired) electrons. The van der Waals surface area contributed by atoms with Crippen molar-refractivity contribution < 1.29 is 48.3 Å². The molecule has 0 unspecified atom stereocenters. The van der Waals surface area contributed by atoms with Crippen LogP contribution in [0.25, 0.3) is 0 Å². The zero-order chi connectivity index (χ0) is 57.3. The van der Waals surface area contributed by atoms with Crippen molar-refractivity contribution in [2.45, 2.75) is 139 Å². The molecule has 77 heavy (non-hydrogen) atoms. The van der Waals surface area contributed by atoms with Crippen LogP contribution < -0.4 is 82.7 Å². The Morgan fingerprint density at radius 3 is 2.06 bits per heavy atom. The van der Waals surface area contributed by atoms with Crippen LogP contribution in [0, 0.1) is 5.41 Å². The third-order valence-corrected chi connectivity index (χ3v) is 12.2. The van der Waals surface area contributed by atoms with Gasteiger partial charge in [-0.1, -0.05) is 12.5 Å². The fourth-order valence-electron chi connectivity index (χ4n) is 7.94. The molecule has 0 aromatic carbocycles. The summed E-state index contributed by atoms with van der Waals surface area (Å²) >= 11 is 0. The van der Waals surface area contributed by atoms with Gasteiger partial charge in [0.25, 0.3) is 17.7 Å². The summed E-state index contributed by atoms with van der Waals surface area (Å²) in [5, 5.41) is 38.8. The van der Waals surface area contributed by atoms with E-state index in [4.69, 9.17) is 45.5 Å². The van der Waals surface area contributed by atoms with Gasteiger partial charge in [0, 0.05) is 37.9 Å². The molecule has 1 aliphatic rings. The summed E-state index contributed by atoms with van der Waals surface area (Å²) in [5.74, 6) is -7.74. The number of aliphatic hydroxyl groups excluding tert-OH is 1. The molecule has 0 saturated carbocycles. The van der Waals surface area contributed by atoms with Crippen LogP contribution in [0.2, 0.25) is 0 Å². The van der Waals surface area contributed by atoms with Gasteiger partial charge in [0.1, 0.15) is 41.6 Å². The first-order valence-electron chi connectivity index (χ1n) is 26.0. The number of rotatable bonds is 38. The van der Waals surface area contributed by atoms with Gasteiger partial charge in [-0.05, 0) is 117 Å². The van der Waals surface area contributed by atoms with Crippen LogP contribution in [0.5, 0.6) is 0 Å². The lowest BCUT2D eigenvalue weighted by Gasteiger charge is -2.27. The number of nitrogens with zero attached hydrogens (tertiary/aromatic N) is 3. The van der Waals surface area contributed by atoms with Crippen LogP contribution in [0.1, 0.15) is 95.6 Å². The van der Waals surface area contributed by atoms with Crippen molar-refractivity contribution in [1.29, 1.82) is 5.41 Å². The van der Waals surface area contributed by atoms with Gasteiger partial charge in [-0.2, -0.15) is 0 Å². The van der Waals surface area contributed by atoms with E-state index in [-0.39, 0.29) is 94.9 Å². The number of nitrogens with one attached hydrogen (secondary N) is 10. The highest BCUT2D eigenvalue weighted by molar-refractivity contribution is 6.40. The zero-order valence-corrected chi connectivity index (χ0v) is 44.0. The third kappa shape index (κ3) is 24.7. The second-order valence-electron chi connectivity index (χ2n) is 18.3. The number of aromatic nitrogens is 2. The lowest BCUT2D eigenvalue weighted by molar-refractivity contribution is -0.136. The number of imidazole rings is 1. The number of hydrogen-bond donors (Lipinski definition) is 18. The second kappa shape index (κ2) is 36.9. The van der Waals surface area contributed by atoms with E-state index in [1.54, 1.807) is 7.05 Å².